The zero-order valence-electron chi connectivity index (χ0n) is 8.17. The molecule has 0 bridgehead atoms. The van der Waals surface area contributed by atoms with Crippen LogP contribution >= 0.6 is 23.1 Å². The fourth-order valence-corrected chi connectivity index (χ4v) is 2.56. The summed E-state index contributed by atoms with van der Waals surface area (Å²) in [5.41, 5.74) is 0. The zero-order valence-corrected chi connectivity index (χ0v) is 9.80. The summed E-state index contributed by atoms with van der Waals surface area (Å²) in [6.45, 7) is 6.29. The number of nitrogens with one attached hydrogen (secondary N) is 1. The number of nitrogens with zero attached hydrogens (tertiary/aromatic N) is 1. The number of aromatic nitrogens is 1. The molecule has 0 atom stereocenters. The van der Waals surface area contributed by atoms with Gasteiger partial charge in [-0.05, 0) is 12.3 Å². The number of thioether (sulfide) groups is 1. The van der Waals surface area contributed by atoms with Crippen molar-refractivity contribution in [2.24, 2.45) is 0 Å². The molecule has 0 saturated heterocycles. The van der Waals surface area contributed by atoms with Gasteiger partial charge in [-0.2, -0.15) is 11.8 Å². The Morgan fingerprint density at radius 1 is 1.54 bits per heavy atom. The molecule has 74 valence electrons. The van der Waals surface area contributed by atoms with E-state index in [1.54, 1.807) is 0 Å². The second kappa shape index (κ2) is 6.40. The second-order valence-corrected chi connectivity index (χ2v) is 5.11. The van der Waals surface area contributed by atoms with Crippen molar-refractivity contribution in [3.05, 3.63) is 16.1 Å². The lowest BCUT2D eigenvalue weighted by Crippen LogP contribution is -2.10. The standard InChI is InChI=1S/C9H16N2S2/c1-3-10-5-8-6-11-9(13-8)7-12-4-2/h6,10H,3-5,7H2,1-2H3. The molecule has 13 heavy (non-hydrogen) atoms. The summed E-state index contributed by atoms with van der Waals surface area (Å²) in [5.74, 6) is 2.23. The third kappa shape index (κ3) is 4.11. The molecule has 0 aliphatic rings. The zero-order chi connectivity index (χ0) is 9.52. The topological polar surface area (TPSA) is 24.9 Å². The van der Waals surface area contributed by atoms with Crippen molar-refractivity contribution in [1.82, 2.24) is 10.3 Å². The predicted molar refractivity (Wildman–Crippen MR) is 61.3 cm³/mol. The first-order valence-electron chi connectivity index (χ1n) is 4.58. The Hall–Kier alpha value is -0.0600. The molecule has 0 fully saturated rings. The Kier molecular flexibility index (Phi) is 5.43. The minimum Gasteiger partial charge on any atom is -0.312 e. The number of hydrogen-bond acceptors (Lipinski definition) is 4. The van der Waals surface area contributed by atoms with E-state index in [9.17, 15) is 0 Å². The highest BCUT2D eigenvalue weighted by Gasteiger charge is 2.00. The summed E-state index contributed by atoms with van der Waals surface area (Å²) in [6.07, 6.45) is 1.98. The lowest BCUT2D eigenvalue weighted by atomic mass is 10.5. The van der Waals surface area contributed by atoms with Gasteiger partial charge in [-0.3, -0.25) is 0 Å². The first-order chi connectivity index (χ1) is 6.36. The van der Waals surface area contributed by atoms with Crippen LogP contribution in [0.2, 0.25) is 0 Å². The van der Waals surface area contributed by atoms with Crippen LogP contribution in [0.1, 0.15) is 23.7 Å². The molecule has 0 amide bonds. The summed E-state index contributed by atoms with van der Waals surface area (Å²) in [6, 6.07) is 0. The van der Waals surface area contributed by atoms with Gasteiger partial charge in [0.25, 0.3) is 0 Å². The van der Waals surface area contributed by atoms with Crippen LogP contribution in [0.25, 0.3) is 0 Å². The van der Waals surface area contributed by atoms with Crippen LogP contribution < -0.4 is 5.32 Å². The Labute approximate surface area is 88.2 Å². The minimum absolute atomic E-state index is 0.963. The highest BCUT2D eigenvalue weighted by atomic mass is 32.2. The molecular weight excluding hydrogens is 200 g/mol. The Bertz CT molecular complexity index is 213. The number of hydrogen-bond donors (Lipinski definition) is 1. The molecule has 1 N–H and O–H groups in total. The van der Waals surface area contributed by atoms with Crippen molar-refractivity contribution in [3.63, 3.8) is 0 Å². The molecule has 0 radical (unpaired) electrons. The summed E-state index contributed by atoms with van der Waals surface area (Å²) in [4.78, 5) is 5.71. The molecule has 2 nitrogen and oxygen atoms in total. The van der Waals surface area contributed by atoms with E-state index in [2.05, 4.69) is 24.1 Å². The van der Waals surface area contributed by atoms with E-state index in [1.165, 1.54) is 15.6 Å². The first kappa shape index (κ1) is 11.0. The van der Waals surface area contributed by atoms with E-state index in [0.29, 0.717) is 0 Å². The molecule has 1 aromatic heterocycles. The molecule has 0 unspecified atom stereocenters. The van der Waals surface area contributed by atoms with Crippen LogP contribution in [-0.2, 0) is 12.3 Å². The molecule has 1 heterocycles. The normalized spacial score (nSPS) is 10.6. The molecule has 0 aromatic carbocycles. The summed E-state index contributed by atoms with van der Waals surface area (Å²) in [7, 11) is 0. The van der Waals surface area contributed by atoms with Crippen LogP contribution in [0.3, 0.4) is 0 Å². The van der Waals surface area contributed by atoms with Crippen LogP contribution in [0.5, 0.6) is 0 Å². The van der Waals surface area contributed by atoms with Gasteiger partial charge in [-0.1, -0.05) is 13.8 Å². The van der Waals surface area contributed by atoms with E-state index in [1.807, 2.05) is 29.3 Å². The van der Waals surface area contributed by atoms with Crippen molar-refractivity contribution in [2.45, 2.75) is 26.1 Å². The average Bonchev–Trinajstić information content (AvgIpc) is 2.59. The van der Waals surface area contributed by atoms with Gasteiger partial charge in [0.15, 0.2) is 0 Å². The van der Waals surface area contributed by atoms with E-state index < -0.39 is 0 Å². The van der Waals surface area contributed by atoms with Crippen molar-refractivity contribution in [3.8, 4) is 0 Å². The lowest BCUT2D eigenvalue weighted by molar-refractivity contribution is 0.734. The van der Waals surface area contributed by atoms with Crippen LogP contribution in [0.4, 0.5) is 0 Å². The predicted octanol–water partition coefficient (Wildman–Crippen LogP) is 2.51. The van der Waals surface area contributed by atoms with Crippen molar-refractivity contribution >= 4 is 23.1 Å². The van der Waals surface area contributed by atoms with Crippen molar-refractivity contribution in [2.75, 3.05) is 12.3 Å². The van der Waals surface area contributed by atoms with Crippen molar-refractivity contribution < 1.29 is 0 Å². The highest BCUT2D eigenvalue weighted by Crippen LogP contribution is 2.18. The lowest BCUT2D eigenvalue weighted by Gasteiger charge is -1.95. The SMILES string of the molecule is CCNCc1cnc(CSCC)s1. The quantitative estimate of drug-likeness (QED) is 0.791. The van der Waals surface area contributed by atoms with E-state index in [-0.39, 0.29) is 0 Å². The molecule has 0 spiro atoms. The molecule has 1 rings (SSSR count). The number of thiazole rings is 1. The van der Waals surface area contributed by atoms with Crippen molar-refractivity contribution in [1.29, 1.82) is 0 Å². The number of rotatable bonds is 6. The molecular formula is C9H16N2S2. The minimum atomic E-state index is 0.963. The molecule has 0 aliphatic heterocycles. The van der Waals surface area contributed by atoms with Crippen LogP contribution in [0, 0.1) is 0 Å². The van der Waals surface area contributed by atoms with Gasteiger partial charge in [0.2, 0.25) is 0 Å². The monoisotopic (exact) mass is 216 g/mol. The van der Waals surface area contributed by atoms with Gasteiger partial charge < -0.3 is 5.32 Å². The molecule has 4 heteroatoms. The van der Waals surface area contributed by atoms with Crippen LogP contribution in [-0.4, -0.2) is 17.3 Å². The van der Waals surface area contributed by atoms with Gasteiger partial charge in [-0.15, -0.1) is 11.3 Å². The maximum atomic E-state index is 4.36. The second-order valence-electron chi connectivity index (χ2n) is 2.64. The largest absolute Gasteiger partial charge is 0.312 e. The highest BCUT2D eigenvalue weighted by molar-refractivity contribution is 7.98. The average molecular weight is 216 g/mol. The molecule has 0 aliphatic carbocycles. The van der Waals surface area contributed by atoms with Gasteiger partial charge in [0, 0.05) is 23.4 Å². The van der Waals surface area contributed by atoms with Gasteiger partial charge in [-0.25, -0.2) is 4.98 Å². The molecule has 0 saturated carbocycles. The Balaban J connectivity index is 2.34. The van der Waals surface area contributed by atoms with Crippen LogP contribution in [0.15, 0.2) is 6.20 Å². The summed E-state index contributed by atoms with van der Waals surface area (Å²) < 4.78 is 0. The molecule has 1 aromatic rings. The third-order valence-corrected chi connectivity index (χ3v) is 3.65. The summed E-state index contributed by atoms with van der Waals surface area (Å²) in [5, 5.41) is 4.55. The van der Waals surface area contributed by atoms with E-state index in [4.69, 9.17) is 0 Å². The van der Waals surface area contributed by atoms with E-state index >= 15 is 0 Å². The van der Waals surface area contributed by atoms with Gasteiger partial charge >= 0.3 is 0 Å². The summed E-state index contributed by atoms with van der Waals surface area (Å²) >= 11 is 3.74. The fourth-order valence-electron chi connectivity index (χ4n) is 0.934. The van der Waals surface area contributed by atoms with Gasteiger partial charge in [0.1, 0.15) is 5.01 Å². The third-order valence-electron chi connectivity index (χ3n) is 1.58. The Morgan fingerprint density at radius 3 is 3.08 bits per heavy atom. The Morgan fingerprint density at radius 2 is 2.38 bits per heavy atom. The van der Waals surface area contributed by atoms with Gasteiger partial charge in [0.05, 0.1) is 0 Å². The van der Waals surface area contributed by atoms with E-state index in [0.717, 1.165) is 18.8 Å². The fraction of sp³-hybridized carbons (Fsp3) is 0.667. The smallest absolute Gasteiger partial charge is 0.103 e. The first-order valence-corrected chi connectivity index (χ1v) is 6.56. The maximum Gasteiger partial charge on any atom is 0.103 e. The maximum absolute atomic E-state index is 4.36.